The summed E-state index contributed by atoms with van der Waals surface area (Å²) in [5.41, 5.74) is 1.47. The van der Waals surface area contributed by atoms with Crippen LogP contribution in [0.3, 0.4) is 0 Å². The number of nitrogens with zero attached hydrogens (tertiary/aromatic N) is 3. The van der Waals surface area contributed by atoms with Crippen LogP contribution in [0.2, 0.25) is 0 Å². The topological polar surface area (TPSA) is 50.2 Å². The van der Waals surface area contributed by atoms with Crippen LogP contribution in [0.1, 0.15) is 29.8 Å². The number of amides is 1. The number of hydrogen-bond donors (Lipinski definition) is 1. The predicted octanol–water partition coefficient (Wildman–Crippen LogP) is 2.60. The van der Waals surface area contributed by atoms with Crippen molar-refractivity contribution in [1.82, 2.24) is 20.0 Å². The summed E-state index contributed by atoms with van der Waals surface area (Å²) in [6, 6.07) is 10.4. The number of carbonyl (C=O) groups is 1. The average Bonchev–Trinajstić information content (AvgIpc) is 3.11. The van der Waals surface area contributed by atoms with Crippen molar-refractivity contribution in [2.24, 2.45) is 0 Å². The van der Waals surface area contributed by atoms with Crippen LogP contribution in [-0.2, 0) is 0 Å². The monoisotopic (exact) mass is 374 g/mol. The van der Waals surface area contributed by atoms with Gasteiger partial charge in [0.15, 0.2) is 5.69 Å². The zero-order valence-electron chi connectivity index (χ0n) is 12.8. The van der Waals surface area contributed by atoms with Gasteiger partial charge in [-0.2, -0.15) is 5.10 Å². The molecule has 0 saturated carbocycles. The molecule has 2 aliphatic rings. The average molecular weight is 375 g/mol. The Hall–Kier alpha value is -1.66. The lowest BCUT2D eigenvalue weighted by atomic mass is 10.1. The third-order valence-electron chi connectivity index (χ3n) is 4.77. The van der Waals surface area contributed by atoms with Crippen molar-refractivity contribution in [2.75, 3.05) is 13.1 Å². The first-order valence-corrected chi connectivity index (χ1v) is 8.86. The highest BCUT2D eigenvalue weighted by atomic mass is 79.9. The summed E-state index contributed by atoms with van der Waals surface area (Å²) < 4.78 is 2.76. The van der Waals surface area contributed by atoms with E-state index in [0.717, 1.165) is 42.5 Å². The van der Waals surface area contributed by atoms with Gasteiger partial charge in [0, 0.05) is 29.3 Å². The van der Waals surface area contributed by atoms with Crippen molar-refractivity contribution >= 4 is 21.8 Å². The van der Waals surface area contributed by atoms with E-state index in [-0.39, 0.29) is 5.91 Å². The summed E-state index contributed by atoms with van der Waals surface area (Å²) in [5.74, 6) is 0.0648. The van der Waals surface area contributed by atoms with E-state index < -0.39 is 0 Å². The highest BCUT2D eigenvalue weighted by molar-refractivity contribution is 9.10. The van der Waals surface area contributed by atoms with E-state index >= 15 is 0 Å². The van der Waals surface area contributed by atoms with E-state index in [1.54, 1.807) is 4.68 Å². The molecule has 3 heterocycles. The standard InChI is InChI=1S/C17H19BrN4O/c18-12-2-1-3-14(10-12)21-9-7-16(20-21)17(23)22-13-4-5-15(22)11-19-8-6-13/h1-3,7,9-10,13,15,19H,4-6,8,11H2. The highest BCUT2D eigenvalue weighted by Gasteiger charge is 2.39. The minimum atomic E-state index is 0.0648. The van der Waals surface area contributed by atoms with Gasteiger partial charge in [-0.3, -0.25) is 4.79 Å². The molecule has 0 aliphatic carbocycles. The molecule has 2 bridgehead atoms. The normalized spacial score (nSPS) is 23.8. The molecule has 1 aromatic heterocycles. The van der Waals surface area contributed by atoms with E-state index in [2.05, 4.69) is 31.2 Å². The van der Waals surface area contributed by atoms with Gasteiger partial charge < -0.3 is 10.2 Å². The van der Waals surface area contributed by atoms with E-state index in [0.29, 0.717) is 17.8 Å². The van der Waals surface area contributed by atoms with Crippen molar-refractivity contribution in [3.05, 3.63) is 46.7 Å². The molecule has 120 valence electrons. The summed E-state index contributed by atoms with van der Waals surface area (Å²) in [4.78, 5) is 15.0. The second-order valence-electron chi connectivity index (χ2n) is 6.22. The molecule has 23 heavy (non-hydrogen) atoms. The van der Waals surface area contributed by atoms with Crippen LogP contribution >= 0.6 is 15.9 Å². The van der Waals surface area contributed by atoms with Gasteiger partial charge in [0.2, 0.25) is 0 Å². The molecule has 1 amide bonds. The Morgan fingerprint density at radius 2 is 2.09 bits per heavy atom. The van der Waals surface area contributed by atoms with Gasteiger partial charge in [-0.25, -0.2) is 4.68 Å². The van der Waals surface area contributed by atoms with E-state index in [9.17, 15) is 4.79 Å². The number of rotatable bonds is 2. The molecule has 4 rings (SSSR count). The van der Waals surface area contributed by atoms with Gasteiger partial charge in [0.05, 0.1) is 5.69 Å². The number of halogens is 1. The fraction of sp³-hybridized carbons (Fsp3) is 0.412. The predicted molar refractivity (Wildman–Crippen MR) is 91.7 cm³/mol. The first-order chi connectivity index (χ1) is 11.2. The smallest absolute Gasteiger partial charge is 0.274 e. The molecule has 0 radical (unpaired) electrons. The molecule has 0 spiro atoms. The molecule has 2 unspecified atom stereocenters. The van der Waals surface area contributed by atoms with E-state index in [1.165, 1.54) is 0 Å². The van der Waals surface area contributed by atoms with Gasteiger partial charge in [-0.1, -0.05) is 22.0 Å². The summed E-state index contributed by atoms with van der Waals surface area (Å²) in [6.07, 6.45) is 5.10. The van der Waals surface area contributed by atoms with Crippen molar-refractivity contribution in [2.45, 2.75) is 31.3 Å². The number of nitrogens with one attached hydrogen (secondary N) is 1. The summed E-state index contributed by atoms with van der Waals surface area (Å²) in [6.45, 7) is 1.89. The Balaban J connectivity index is 1.60. The summed E-state index contributed by atoms with van der Waals surface area (Å²) in [7, 11) is 0. The zero-order chi connectivity index (χ0) is 15.8. The molecule has 2 fully saturated rings. The quantitative estimate of drug-likeness (QED) is 0.878. The lowest BCUT2D eigenvalue weighted by molar-refractivity contribution is 0.0673. The lowest BCUT2D eigenvalue weighted by Crippen LogP contribution is -2.42. The number of hydrogen-bond acceptors (Lipinski definition) is 3. The Labute approximate surface area is 143 Å². The maximum Gasteiger partial charge on any atom is 0.274 e. The van der Waals surface area contributed by atoms with Gasteiger partial charge in [-0.05, 0) is 50.1 Å². The minimum absolute atomic E-state index is 0.0648. The zero-order valence-corrected chi connectivity index (χ0v) is 14.4. The fourth-order valence-electron chi connectivity index (χ4n) is 3.65. The number of aromatic nitrogens is 2. The van der Waals surface area contributed by atoms with Crippen LogP contribution in [-0.4, -0.2) is 45.8 Å². The number of fused-ring (bicyclic) bond motifs is 2. The summed E-state index contributed by atoms with van der Waals surface area (Å²) >= 11 is 3.47. The maximum atomic E-state index is 12.9. The third-order valence-corrected chi connectivity index (χ3v) is 5.26. The van der Waals surface area contributed by atoms with Crippen LogP contribution < -0.4 is 5.32 Å². The highest BCUT2D eigenvalue weighted by Crippen LogP contribution is 2.29. The Bertz CT molecular complexity index is 715. The van der Waals surface area contributed by atoms with Crippen LogP contribution in [0.15, 0.2) is 41.0 Å². The molecular weight excluding hydrogens is 356 g/mol. The first kappa shape index (κ1) is 14.9. The van der Waals surface area contributed by atoms with E-state index in [4.69, 9.17) is 0 Å². The Kier molecular flexibility index (Phi) is 3.95. The first-order valence-electron chi connectivity index (χ1n) is 8.07. The van der Waals surface area contributed by atoms with Crippen molar-refractivity contribution in [1.29, 1.82) is 0 Å². The molecule has 2 saturated heterocycles. The Morgan fingerprint density at radius 3 is 2.96 bits per heavy atom. The van der Waals surface area contributed by atoms with Gasteiger partial charge in [0.25, 0.3) is 5.91 Å². The number of carbonyl (C=O) groups excluding carboxylic acids is 1. The molecule has 5 nitrogen and oxygen atoms in total. The summed E-state index contributed by atoms with van der Waals surface area (Å²) in [5, 5.41) is 7.94. The second kappa shape index (κ2) is 6.09. The number of benzene rings is 1. The largest absolute Gasteiger partial charge is 0.330 e. The van der Waals surface area contributed by atoms with Crippen molar-refractivity contribution in [3.63, 3.8) is 0 Å². The van der Waals surface area contributed by atoms with Gasteiger partial charge >= 0.3 is 0 Å². The van der Waals surface area contributed by atoms with Gasteiger partial charge in [-0.15, -0.1) is 0 Å². The third kappa shape index (κ3) is 2.81. The fourth-order valence-corrected chi connectivity index (χ4v) is 4.03. The molecule has 2 atom stereocenters. The second-order valence-corrected chi connectivity index (χ2v) is 7.13. The minimum Gasteiger partial charge on any atom is -0.330 e. The van der Waals surface area contributed by atoms with Crippen LogP contribution in [0.25, 0.3) is 5.69 Å². The van der Waals surface area contributed by atoms with Gasteiger partial charge in [0.1, 0.15) is 0 Å². The van der Waals surface area contributed by atoms with Crippen LogP contribution in [0, 0.1) is 0 Å². The Morgan fingerprint density at radius 1 is 1.22 bits per heavy atom. The molecule has 1 N–H and O–H groups in total. The molecule has 1 aromatic carbocycles. The SMILES string of the molecule is O=C(c1ccn(-c2cccc(Br)c2)n1)N1C2CCNCC1CC2. The van der Waals surface area contributed by atoms with Crippen molar-refractivity contribution < 1.29 is 4.79 Å². The molecular formula is C17H19BrN4O. The lowest BCUT2D eigenvalue weighted by Gasteiger charge is -2.27. The molecule has 6 heteroatoms. The van der Waals surface area contributed by atoms with Crippen LogP contribution in [0.5, 0.6) is 0 Å². The molecule has 2 aromatic rings. The molecule has 2 aliphatic heterocycles. The van der Waals surface area contributed by atoms with E-state index in [1.807, 2.05) is 36.5 Å². The maximum absolute atomic E-state index is 12.9. The van der Waals surface area contributed by atoms with Crippen molar-refractivity contribution in [3.8, 4) is 5.69 Å². The van der Waals surface area contributed by atoms with Crippen LogP contribution in [0.4, 0.5) is 0 Å².